The van der Waals surface area contributed by atoms with Crippen LogP contribution in [0.1, 0.15) is 23.9 Å². The Morgan fingerprint density at radius 1 is 1.35 bits per heavy atom. The number of rotatable bonds is 4. The van der Waals surface area contributed by atoms with Crippen molar-refractivity contribution in [2.24, 2.45) is 5.73 Å². The van der Waals surface area contributed by atoms with Crippen LogP contribution in [0.4, 0.5) is 0 Å². The summed E-state index contributed by atoms with van der Waals surface area (Å²) in [5.74, 6) is 1.09. The second-order valence-corrected chi connectivity index (χ2v) is 4.22. The summed E-state index contributed by atoms with van der Waals surface area (Å²) < 4.78 is 2.14. The molecule has 0 atom stereocenters. The average molecular weight is 229 g/mol. The van der Waals surface area contributed by atoms with Crippen molar-refractivity contribution in [1.82, 2.24) is 9.55 Å². The first-order valence-corrected chi connectivity index (χ1v) is 6.08. The second-order valence-electron chi connectivity index (χ2n) is 4.22. The van der Waals surface area contributed by atoms with Gasteiger partial charge < -0.3 is 10.3 Å². The minimum Gasteiger partial charge on any atom is -0.330 e. The molecule has 0 amide bonds. The van der Waals surface area contributed by atoms with Gasteiger partial charge in [-0.1, -0.05) is 13.0 Å². The largest absolute Gasteiger partial charge is 0.330 e. The van der Waals surface area contributed by atoms with Crippen molar-refractivity contribution < 1.29 is 0 Å². The molecule has 0 fully saturated rings. The van der Waals surface area contributed by atoms with E-state index in [1.54, 1.807) is 0 Å². The molecular formula is C14H19N3. The Bertz CT molecular complexity index is 500. The molecule has 0 saturated carbocycles. The van der Waals surface area contributed by atoms with Crippen LogP contribution in [-0.2, 0) is 12.8 Å². The van der Waals surface area contributed by atoms with Gasteiger partial charge in [-0.25, -0.2) is 4.98 Å². The van der Waals surface area contributed by atoms with Gasteiger partial charge >= 0.3 is 0 Å². The van der Waals surface area contributed by atoms with Gasteiger partial charge in [0, 0.05) is 24.5 Å². The van der Waals surface area contributed by atoms with Crippen molar-refractivity contribution in [2.45, 2.75) is 26.7 Å². The van der Waals surface area contributed by atoms with E-state index in [0.29, 0.717) is 6.54 Å². The van der Waals surface area contributed by atoms with Crippen LogP contribution < -0.4 is 5.73 Å². The third-order valence-corrected chi connectivity index (χ3v) is 3.05. The fraction of sp³-hybridized carbons (Fsp3) is 0.357. The summed E-state index contributed by atoms with van der Waals surface area (Å²) in [4.78, 5) is 4.34. The summed E-state index contributed by atoms with van der Waals surface area (Å²) in [5, 5.41) is 0. The van der Waals surface area contributed by atoms with Crippen LogP contribution in [0.15, 0.2) is 30.6 Å². The van der Waals surface area contributed by atoms with E-state index in [-0.39, 0.29) is 0 Å². The van der Waals surface area contributed by atoms with Crippen LogP contribution in [-0.4, -0.2) is 16.1 Å². The van der Waals surface area contributed by atoms with Gasteiger partial charge in [0.25, 0.3) is 0 Å². The maximum atomic E-state index is 5.59. The lowest BCUT2D eigenvalue weighted by molar-refractivity contribution is 0.886. The molecule has 2 aromatic rings. The molecular weight excluding hydrogens is 210 g/mol. The van der Waals surface area contributed by atoms with E-state index in [4.69, 9.17) is 5.73 Å². The van der Waals surface area contributed by atoms with Crippen molar-refractivity contribution in [3.05, 3.63) is 47.5 Å². The smallest absolute Gasteiger partial charge is 0.112 e. The number of nitrogens with zero attached hydrogens (tertiary/aromatic N) is 2. The fourth-order valence-corrected chi connectivity index (χ4v) is 2.10. The molecule has 1 aromatic carbocycles. The van der Waals surface area contributed by atoms with Gasteiger partial charge in [-0.05, 0) is 43.1 Å². The molecule has 0 unspecified atom stereocenters. The number of aromatic nitrogens is 2. The van der Waals surface area contributed by atoms with Gasteiger partial charge in [-0.15, -0.1) is 0 Å². The molecule has 3 heteroatoms. The summed E-state index contributed by atoms with van der Waals surface area (Å²) in [6.07, 6.45) is 5.74. The Hall–Kier alpha value is -1.61. The van der Waals surface area contributed by atoms with Gasteiger partial charge in [0.1, 0.15) is 5.82 Å². The van der Waals surface area contributed by atoms with Crippen LogP contribution in [0.5, 0.6) is 0 Å². The summed E-state index contributed by atoms with van der Waals surface area (Å²) in [6.45, 7) is 4.96. The number of benzene rings is 1. The molecule has 2 rings (SSSR count). The maximum Gasteiger partial charge on any atom is 0.112 e. The van der Waals surface area contributed by atoms with Crippen LogP contribution in [0.3, 0.4) is 0 Å². The lowest BCUT2D eigenvalue weighted by Crippen LogP contribution is -2.05. The molecule has 17 heavy (non-hydrogen) atoms. The molecule has 1 heterocycles. The number of aryl methyl sites for hydroxylation is 2. The molecule has 0 aliphatic heterocycles. The highest BCUT2D eigenvalue weighted by Crippen LogP contribution is 2.16. The van der Waals surface area contributed by atoms with E-state index in [2.05, 4.69) is 41.6 Å². The Kier molecular flexibility index (Phi) is 3.59. The molecule has 0 aliphatic rings. The highest BCUT2D eigenvalue weighted by atomic mass is 15.1. The predicted octanol–water partition coefficient (Wildman–Crippen LogP) is 2.24. The number of imidazole rings is 1. The Morgan fingerprint density at radius 2 is 2.18 bits per heavy atom. The minimum atomic E-state index is 0.700. The maximum absolute atomic E-state index is 5.59. The molecule has 90 valence electrons. The highest BCUT2D eigenvalue weighted by molar-refractivity contribution is 5.41. The van der Waals surface area contributed by atoms with E-state index in [9.17, 15) is 0 Å². The summed E-state index contributed by atoms with van der Waals surface area (Å²) in [6, 6.07) is 6.50. The second kappa shape index (κ2) is 5.15. The lowest BCUT2D eigenvalue weighted by atomic mass is 10.0. The Morgan fingerprint density at radius 3 is 2.82 bits per heavy atom. The van der Waals surface area contributed by atoms with Crippen LogP contribution in [0.25, 0.3) is 5.69 Å². The van der Waals surface area contributed by atoms with Gasteiger partial charge in [-0.2, -0.15) is 0 Å². The van der Waals surface area contributed by atoms with E-state index >= 15 is 0 Å². The van der Waals surface area contributed by atoms with Crippen molar-refractivity contribution in [1.29, 1.82) is 0 Å². The van der Waals surface area contributed by atoms with Crippen LogP contribution >= 0.6 is 0 Å². The van der Waals surface area contributed by atoms with E-state index in [1.807, 2.05) is 12.4 Å². The zero-order valence-corrected chi connectivity index (χ0v) is 10.5. The molecule has 0 saturated heterocycles. The van der Waals surface area contributed by atoms with Crippen molar-refractivity contribution in [3.63, 3.8) is 0 Å². The van der Waals surface area contributed by atoms with Crippen LogP contribution in [0.2, 0.25) is 0 Å². The molecule has 3 nitrogen and oxygen atoms in total. The standard InChI is InChI=1S/C14H19N3/c1-3-14-16-8-9-17(14)13-5-4-12(6-7-15)11(2)10-13/h4-5,8-10H,3,6-7,15H2,1-2H3. The van der Waals surface area contributed by atoms with E-state index in [0.717, 1.165) is 18.7 Å². The van der Waals surface area contributed by atoms with Crippen LogP contribution in [0, 0.1) is 6.92 Å². The van der Waals surface area contributed by atoms with Crippen molar-refractivity contribution >= 4 is 0 Å². The molecule has 1 aromatic heterocycles. The van der Waals surface area contributed by atoms with Gasteiger partial charge in [0.15, 0.2) is 0 Å². The molecule has 0 aliphatic carbocycles. The van der Waals surface area contributed by atoms with E-state index in [1.165, 1.54) is 16.8 Å². The number of nitrogens with two attached hydrogens (primary N) is 1. The number of hydrogen-bond donors (Lipinski definition) is 1. The number of hydrogen-bond acceptors (Lipinski definition) is 2. The lowest BCUT2D eigenvalue weighted by Gasteiger charge is -2.10. The zero-order chi connectivity index (χ0) is 12.3. The van der Waals surface area contributed by atoms with Gasteiger partial charge in [0.2, 0.25) is 0 Å². The van der Waals surface area contributed by atoms with Crippen molar-refractivity contribution in [3.8, 4) is 5.69 Å². The molecule has 0 bridgehead atoms. The first-order chi connectivity index (χ1) is 8.26. The molecule has 0 radical (unpaired) electrons. The highest BCUT2D eigenvalue weighted by Gasteiger charge is 2.04. The topological polar surface area (TPSA) is 43.8 Å². The van der Waals surface area contributed by atoms with Gasteiger partial charge in [0.05, 0.1) is 0 Å². The predicted molar refractivity (Wildman–Crippen MR) is 70.4 cm³/mol. The average Bonchev–Trinajstić information content (AvgIpc) is 2.80. The third-order valence-electron chi connectivity index (χ3n) is 3.05. The molecule has 2 N–H and O–H groups in total. The monoisotopic (exact) mass is 229 g/mol. The van der Waals surface area contributed by atoms with Crippen molar-refractivity contribution in [2.75, 3.05) is 6.54 Å². The first kappa shape index (κ1) is 11.9. The summed E-state index contributed by atoms with van der Waals surface area (Å²) in [7, 11) is 0. The zero-order valence-electron chi connectivity index (χ0n) is 10.5. The normalized spacial score (nSPS) is 10.8. The van der Waals surface area contributed by atoms with E-state index < -0.39 is 0 Å². The minimum absolute atomic E-state index is 0.700. The SMILES string of the molecule is CCc1nccn1-c1ccc(CCN)c(C)c1. The Labute approximate surface area is 102 Å². The van der Waals surface area contributed by atoms with Gasteiger partial charge in [-0.3, -0.25) is 0 Å². The summed E-state index contributed by atoms with van der Waals surface area (Å²) >= 11 is 0. The summed E-state index contributed by atoms with van der Waals surface area (Å²) in [5.41, 5.74) is 9.39. The quantitative estimate of drug-likeness (QED) is 0.873. The first-order valence-electron chi connectivity index (χ1n) is 6.08. The molecule has 0 spiro atoms. The fourth-order valence-electron chi connectivity index (χ4n) is 2.10. The Balaban J connectivity index is 2.37. The third kappa shape index (κ3) is 2.39.